The Morgan fingerprint density at radius 2 is 1.77 bits per heavy atom. The number of benzene rings is 3. The van der Waals surface area contributed by atoms with Crippen LogP contribution in [-0.2, 0) is 11.3 Å². The molecule has 0 saturated carbocycles. The molecule has 31 heavy (non-hydrogen) atoms. The van der Waals surface area contributed by atoms with Gasteiger partial charge in [0.25, 0.3) is 0 Å². The zero-order valence-corrected chi connectivity index (χ0v) is 18.0. The second-order valence-corrected chi connectivity index (χ2v) is 8.08. The Hall–Kier alpha value is -3.25. The lowest BCUT2D eigenvalue weighted by Crippen LogP contribution is -2.13. The van der Waals surface area contributed by atoms with Gasteiger partial charge in [-0.25, -0.2) is 4.39 Å². The molecule has 0 saturated heterocycles. The molecule has 0 atom stereocenters. The summed E-state index contributed by atoms with van der Waals surface area (Å²) in [4.78, 5) is 13.5. The maximum Gasteiger partial charge on any atom is 0.234 e. The van der Waals surface area contributed by atoms with Crippen molar-refractivity contribution in [3.8, 4) is 5.75 Å². The van der Waals surface area contributed by atoms with E-state index in [0.29, 0.717) is 18.9 Å². The topological polar surface area (TPSA) is 43.3 Å². The summed E-state index contributed by atoms with van der Waals surface area (Å²) in [6.45, 7) is 3.18. The van der Waals surface area contributed by atoms with Gasteiger partial charge >= 0.3 is 0 Å². The fraction of sp³-hybridized carbons (Fsp3) is 0.160. The minimum atomic E-state index is -0.240. The number of ether oxygens (including phenoxy) is 1. The number of hydrogen-bond donors (Lipinski definition) is 1. The summed E-state index contributed by atoms with van der Waals surface area (Å²) in [5.74, 6) is 0.780. The van der Waals surface area contributed by atoms with Crippen molar-refractivity contribution in [2.24, 2.45) is 0 Å². The lowest BCUT2D eigenvalue weighted by molar-refractivity contribution is -0.113. The molecule has 4 aromatic rings. The van der Waals surface area contributed by atoms with Gasteiger partial charge in [0.1, 0.15) is 11.6 Å². The van der Waals surface area contributed by atoms with Crippen LogP contribution in [0.4, 0.5) is 10.1 Å². The fourth-order valence-corrected chi connectivity index (χ4v) is 4.28. The highest BCUT2D eigenvalue weighted by molar-refractivity contribution is 8.00. The fourth-order valence-electron chi connectivity index (χ4n) is 3.39. The van der Waals surface area contributed by atoms with Crippen LogP contribution in [0.1, 0.15) is 12.5 Å². The van der Waals surface area contributed by atoms with Gasteiger partial charge in [-0.15, -0.1) is 11.8 Å². The van der Waals surface area contributed by atoms with Gasteiger partial charge in [-0.1, -0.05) is 30.3 Å². The van der Waals surface area contributed by atoms with Crippen molar-refractivity contribution < 1.29 is 13.9 Å². The first-order chi connectivity index (χ1) is 15.1. The molecule has 1 N–H and O–H groups in total. The van der Waals surface area contributed by atoms with E-state index in [4.69, 9.17) is 4.74 Å². The van der Waals surface area contributed by atoms with Crippen LogP contribution in [0.5, 0.6) is 5.75 Å². The first-order valence-corrected chi connectivity index (χ1v) is 11.1. The molecule has 0 spiro atoms. The standard InChI is InChI=1S/C25H23FN2O2S/c1-2-30-21-13-11-20(12-14-21)27-25(29)17-31-24-16-28(23-6-4-3-5-22(23)24)15-18-7-9-19(26)10-8-18/h3-14,16H,2,15,17H2,1H3,(H,27,29). The Morgan fingerprint density at radius 3 is 2.52 bits per heavy atom. The molecule has 3 aromatic carbocycles. The van der Waals surface area contributed by atoms with Crippen molar-refractivity contribution in [1.82, 2.24) is 4.57 Å². The van der Waals surface area contributed by atoms with Crippen LogP contribution in [0.2, 0.25) is 0 Å². The summed E-state index contributed by atoms with van der Waals surface area (Å²) in [7, 11) is 0. The quantitative estimate of drug-likeness (QED) is 0.348. The first kappa shape index (κ1) is 21.0. The third-order valence-corrected chi connectivity index (χ3v) is 5.87. The number of thioether (sulfide) groups is 1. The highest BCUT2D eigenvalue weighted by Crippen LogP contribution is 2.30. The molecule has 0 radical (unpaired) electrons. The van der Waals surface area contributed by atoms with Crippen LogP contribution in [-0.4, -0.2) is 22.8 Å². The van der Waals surface area contributed by atoms with Gasteiger partial charge in [0, 0.05) is 34.2 Å². The monoisotopic (exact) mass is 434 g/mol. The summed E-state index contributed by atoms with van der Waals surface area (Å²) in [5, 5.41) is 4.02. The number of para-hydroxylation sites is 1. The van der Waals surface area contributed by atoms with E-state index in [1.807, 2.05) is 43.3 Å². The molecule has 0 fully saturated rings. The molecule has 4 nitrogen and oxygen atoms in total. The van der Waals surface area contributed by atoms with Crippen LogP contribution in [0.3, 0.4) is 0 Å². The summed E-state index contributed by atoms with van der Waals surface area (Å²) >= 11 is 1.50. The van der Waals surface area contributed by atoms with Crippen molar-refractivity contribution in [2.45, 2.75) is 18.4 Å². The van der Waals surface area contributed by atoms with Gasteiger partial charge in [0.15, 0.2) is 0 Å². The second kappa shape index (κ2) is 9.71. The number of fused-ring (bicyclic) bond motifs is 1. The molecule has 1 amide bonds. The Kier molecular flexibility index (Phi) is 6.57. The van der Waals surface area contributed by atoms with Gasteiger partial charge in [-0.3, -0.25) is 4.79 Å². The van der Waals surface area contributed by atoms with E-state index in [1.54, 1.807) is 12.1 Å². The Bertz CT molecular complexity index is 1170. The van der Waals surface area contributed by atoms with E-state index in [1.165, 1.54) is 23.9 Å². The van der Waals surface area contributed by atoms with Crippen molar-refractivity contribution in [3.05, 3.63) is 90.4 Å². The Morgan fingerprint density at radius 1 is 1.03 bits per heavy atom. The number of carbonyl (C=O) groups is 1. The van der Waals surface area contributed by atoms with Gasteiger partial charge in [0.2, 0.25) is 5.91 Å². The number of hydrogen-bond acceptors (Lipinski definition) is 3. The Balaban J connectivity index is 1.44. The zero-order valence-electron chi connectivity index (χ0n) is 17.2. The molecule has 1 heterocycles. The van der Waals surface area contributed by atoms with E-state index in [-0.39, 0.29) is 11.7 Å². The normalized spacial score (nSPS) is 10.9. The number of nitrogens with one attached hydrogen (secondary N) is 1. The van der Waals surface area contributed by atoms with E-state index >= 15 is 0 Å². The highest BCUT2D eigenvalue weighted by Gasteiger charge is 2.11. The van der Waals surface area contributed by atoms with Gasteiger partial charge in [0.05, 0.1) is 12.4 Å². The highest BCUT2D eigenvalue weighted by atomic mass is 32.2. The SMILES string of the molecule is CCOc1ccc(NC(=O)CSc2cn(Cc3ccc(F)cc3)c3ccccc23)cc1. The molecular weight excluding hydrogens is 411 g/mol. The number of anilines is 1. The molecular formula is C25H23FN2O2S. The van der Waals surface area contributed by atoms with Crippen LogP contribution in [0, 0.1) is 5.82 Å². The number of halogens is 1. The maximum atomic E-state index is 13.2. The van der Waals surface area contributed by atoms with Gasteiger partial charge < -0.3 is 14.6 Å². The lowest BCUT2D eigenvalue weighted by atomic mass is 10.2. The van der Waals surface area contributed by atoms with Crippen LogP contribution in [0.15, 0.2) is 83.9 Å². The number of nitrogens with zero attached hydrogens (tertiary/aromatic N) is 1. The van der Waals surface area contributed by atoms with E-state index in [2.05, 4.69) is 28.2 Å². The molecule has 0 aliphatic heterocycles. The smallest absolute Gasteiger partial charge is 0.234 e. The molecule has 158 valence electrons. The van der Waals surface area contributed by atoms with Crippen molar-refractivity contribution in [2.75, 3.05) is 17.7 Å². The number of amides is 1. The largest absolute Gasteiger partial charge is 0.494 e. The zero-order chi connectivity index (χ0) is 21.6. The summed E-state index contributed by atoms with van der Waals surface area (Å²) in [5.41, 5.74) is 2.85. The van der Waals surface area contributed by atoms with Crippen molar-refractivity contribution >= 4 is 34.3 Å². The van der Waals surface area contributed by atoms with E-state index in [9.17, 15) is 9.18 Å². The van der Waals surface area contributed by atoms with E-state index in [0.717, 1.165) is 32.8 Å². The number of rotatable bonds is 8. The lowest BCUT2D eigenvalue weighted by Gasteiger charge is -2.07. The van der Waals surface area contributed by atoms with Crippen molar-refractivity contribution in [1.29, 1.82) is 0 Å². The molecule has 0 aliphatic carbocycles. The van der Waals surface area contributed by atoms with Crippen molar-refractivity contribution in [3.63, 3.8) is 0 Å². The molecule has 0 aliphatic rings. The molecule has 0 bridgehead atoms. The molecule has 1 aromatic heterocycles. The summed E-state index contributed by atoms with van der Waals surface area (Å²) in [6.07, 6.45) is 2.06. The average Bonchev–Trinajstić information content (AvgIpc) is 3.13. The van der Waals surface area contributed by atoms with Crippen LogP contribution >= 0.6 is 11.8 Å². The van der Waals surface area contributed by atoms with Gasteiger partial charge in [-0.05, 0) is 55.0 Å². The van der Waals surface area contributed by atoms with Crippen LogP contribution < -0.4 is 10.1 Å². The maximum absolute atomic E-state index is 13.2. The predicted molar refractivity (Wildman–Crippen MR) is 124 cm³/mol. The van der Waals surface area contributed by atoms with Gasteiger partial charge in [-0.2, -0.15) is 0 Å². The predicted octanol–water partition coefficient (Wildman–Crippen LogP) is 5.96. The Labute approximate surface area is 185 Å². The number of aromatic nitrogens is 1. The molecule has 0 unspecified atom stereocenters. The third kappa shape index (κ3) is 5.27. The molecule has 4 rings (SSSR count). The minimum Gasteiger partial charge on any atom is -0.494 e. The summed E-state index contributed by atoms with van der Waals surface area (Å²) in [6, 6.07) is 22.0. The first-order valence-electron chi connectivity index (χ1n) is 10.1. The third-order valence-electron chi connectivity index (χ3n) is 4.83. The average molecular weight is 435 g/mol. The van der Waals surface area contributed by atoms with Crippen LogP contribution in [0.25, 0.3) is 10.9 Å². The second-order valence-electron chi connectivity index (χ2n) is 7.06. The van der Waals surface area contributed by atoms with E-state index < -0.39 is 0 Å². The minimum absolute atomic E-state index is 0.0653. The number of carbonyl (C=O) groups excluding carboxylic acids is 1. The summed E-state index contributed by atoms with van der Waals surface area (Å²) < 4.78 is 20.8. The molecule has 6 heteroatoms.